The third kappa shape index (κ3) is 4.23. The lowest BCUT2D eigenvalue weighted by atomic mass is 10.2. The Morgan fingerprint density at radius 3 is 2.80 bits per heavy atom. The molecule has 1 aromatic rings. The molecule has 1 aliphatic rings. The fourth-order valence-electron chi connectivity index (χ4n) is 1.97. The van der Waals surface area contributed by atoms with Gasteiger partial charge in [-0.2, -0.15) is 0 Å². The van der Waals surface area contributed by atoms with Gasteiger partial charge in [-0.15, -0.1) is 10.2 Å². The Hall–Kier alpha value is -1.56. The van der Waals surface area contributed by atoms with E-state index < -0.39 is 5.60 Å². The number of rotatable bonds is 2. The molecule has 0 spiro atoms. The number of aromatic nitrogens is 2. The zero-order valence-electron chi connectivity index (χ0n) is 11.9. The van der Waals surface area contributed by atoms with E-state index in [0.717, 1.165) is 6.42 Å². The van der Waals surface area contributed by atoms with Crippen LogP contribution in [0.15, 0.2) is 12.1 Å². The zero-order chi connectivity index (χ0) is 14.8. The first-order valence-electron chi connectivity index (χ1n) is 6.57. The van der Waals surface area contributed by atoms with Crippen LogP contribution in [0.2, 0.25) is 5.15 Å². The monoisotopic (exact) mass is 298 g/mol. The first-order chi connectivity index (χ1) is 9.33. The summed E-state index contributed by atoms with van der Waals surface area (Å²) in [5.74, 6) is 0.658. The minimum absolute atomic E-state index is 0.151. The number of ether oxygens (including phenoxy) is 1. The number of amides is 1. The minimum atomic E-state index is -0.468. The number of nitrogens with zero attached hydrogens (tertiary/aromatic N) is 3. The van der Waals surface area contributed by atoms with Gasteiger partial charge in [0.1, 0.15) is 11.4 Å². The van der Waals surface area contributed by atoms with Crippen LogP contribution in [0.1, 0.15) is 27.2 Å². The summed E-state index contributed by atoms with van der Waals surface area (Å²) in [4.78, 5) is 13.6. The van der Waals surface area contributed by atoms with Crippen LogP contribution in [-0.4, -0.2) is 45.9 Å². The number of likely N-dealkylation sites (tertiary alicyclic amines) is 1. The van der Waals surface area contributed by atoms with Gasteiger partial charge in [0.05, 0.1) is 0 Å². The fraction of sp³-hybridized carbons (Fsp3) is 0.615. The van der Waals surface area contributed by atoms with Crippen molar-refractivity contribution in [1.82, 2.24) is 15.1 Å². The normalized spacial score (nSPS) is 19.0. The lowest BCUT2D eigenvalue weighted by molar-refractivity contribution is 0.0293. The Morgan fingerprint density at radius 2 is 2.20 bits per heavy atom. The predicted molar refractivity (Wildman–Crippen MR) is 76.9 cm³/mol. The van der Waals surface area contributed by atoms with Gasteiger partial charge in [0.2, 0.25) is 0 Å². The molecule has 1 saturated heterocycles. The Bertz CT molecular complexity index is 472. The van der Waals surface area contributed by atoms with Crippen LogP contribution in [0.3, 0.4) is 0 Å². The van der Waals surface area contributed by atoms with E-state index in [-0.39, 0.29) is 12.1 Å². The smallest absolute Gasteiger partial charge is 0.410 e. The molecule has 1 aliphatic heterocycles. The molecule has 6 nitrogen and oxygen atoms in total. The average Bonchev–Trinajstić information content (AvgIpc) is 2.79. The predicted octanol–water partition coefficient (Wildman–Crippen LogP) is 2.55. The molecule has 0 radical (unpaired) electrons. The van der Waals surface area contributed by atoms with Crippen molar-refractivity contribution < 1.29 is 9.53 Å². The molecule has 110 valence electrons. The third-order valence-corrected chi connectivity index (χ3v) is 3.03. The number of halogens is 1. The average molecular weight is 299 g/mol. The number of carbonyl (C=O) groups excluding carboxylic acids is 1. The summed E-state index contributed by atoms with van der Waals surface area (Å²) in [6, 6.07) is 3.60. The quantitative estimate of drug-likeness (QED) is 0.909. The number of nitrogens with one attached hydrogen (secondary N) is 1. The van der Waals surface area contributed by atoms with Crippen molar-refractivity contribution in [2.24, 2.45) is 0 Å². The SMILES string of the molecule is CC(C)(C)OC(=O)N1CC[C@@H](Nc2ccc(Cl)nn2)C1. The van der Waals surface area contributed by atoms with Crippen LogP contribution in [0.4, 0.5) is 10.6 Å². The van der Waals surface area contributed by atoms with Gasteiger partial charge in [-0.05, 0) is 39.3 Å². The number of anilines is 1. The first kappa shape index (κ1) is 14.8. The number of hydrogen-bond acceptors (Lipinski definition) is 5. The molecule has 0 bridgehead atoms. The molecule has 1 atom stereocenters. The molecule has 0 saturated carbocycles. The maximum atomic E-state index is 11.9. The second-order valence-electron chi connectivity index (χ2n) is 5.80. The van der Waals surface area contributed by atoms with Crippen LogP contribution < -0.4 is 5.32 Å². The fourth-order valence-corrected chi connectivity index (χ4v) is 2.07. The second-order valence-corrected chi connectivity index (χ2v) is 6.18. The van der Waals surface area contributed by atoms with Crippen LogP contribution in [0, 0.1) is 0 Å². The standard InChI is InChI=1S/C13H19ClN4O2/c1-13(2,3)20-12(19)18-7-6-9(8-18)15-11-5-4-10(14)16-17-11/h4-5,9H,6-8H2,1-3H3,(H,15,17)/t9-/m1/s1. The van der Waals surface area contributed by atoms with Gasteiger partial charge in [0, 0.05) is 19.1 Å². The first-order valence-corrected chi connectivity index (χ1v) is 6.95. The highest BCUT2D eigenvalue weighted by atomic mass is 35.5. The van der Waals surface area contributed by atoms with Gasteiger partial charge in [0.15, 0.2) is 5.15 Å². The van der Waals surface area contributed by atoms with Crippen molar-refractivity contribution >= 4 is 23.5 Å². The zero-order valence-corrected chi connectivity index (χ0v) is 12.6. The van der Waals surface area contributed by atoms with E-state index in [1.807, 2.05) is 20.8 Å². The van der Waals surface area contributed by atoms with Gasteiger partial charge in [0.25, 0.3) is 0 Å². The summed E-state index contributed by atoms with van der Waals surface area (Å²) in [7, 11) is 0. The molecular formula is C13H19ClN4O2. The minimum Gasteiger partial charge on any atom is -0.444 e. The van der Waals surface area contributed by atoms with Crippen molar-refractivity contribution in [2.45, 2.75) is 38.8 Å². The third-order valence-electron chi connectivity index (χ3n) is 2.82. The molecule has 0 unspecified atom stereocenters. The molecule has 1 fully saturated rings. The van der Waals surface area contributed by atoms with Gasteiger partial charge in [-0.3, -0.25) is 0 Å². The second kappa shape index (κ2) is 5.83. The van der Waals surface area contributed by atoms with E-state index in [1.54, 1.807) is 17.0 Å². The summed E-state index contributed by atoms with van der Waals surface area (Å²) in [5, 5.41) is 11.3. The topological polar surface area (TPSA) is 67.3 Å². The van der Waals surface area contributed by atoms with Crippen LogP contribution in [-0.2, 0) is 4.74 Å². The summed E-state index contributed by atoms with van der Waals surface area (Å²) < 4.78 is 5.35. The molecule has 2 heterocycles. The van der Waals surface area contributed by atoms with E-state index >= 15 is 0 Å². The summed E-state index contributed by atoms with van der Waals surface area (Å²) in [6.07, 6.45) is 0.577. The highest BCUT2D eigenvalue weighted by molar-refractivity contribution is 6.29. The highest BCUT2D eigenvalue weighted by Crippen LogP contribution is 2.18. The molecule has 2 rings (SSSR count). The van der Waals surface area contributed by atoms with Gasteiger partial charge in [-0.1, -0.05) is 11.6 Å². The van der Waals surface area contributed by atoms with Crippen LogP contribution >= 0.6 is 11.6 Å². The Labute approximate surface area is 123 Å². The van der Waals surface area contributed by atoms with Crippen molar-refractivity contribution in [2.75, 3.05) is 18.4 Å². The van der Waals surface area contributed by atoms with Crippen molar-refractivity contribution in [3.63, 3.8) is 0 Å². The number of carbonyl (C=O) groups is 1. The van der Waals surface area contributed by atoms with Gasteiger partial charge in [-0.25, -0.2) is 4.79 Å². The van der Waals surface area contributed by atoms with Crippen LogP contribution in [0.25, 0.3) is 0 Å². The van der Waals surface area contributed by atoms with E-state index in [2.05, 4.69) is 15.5 Å². The summed E-state index contributed by atoms with van der Waals surface area (Å²) >= 11 is 5.68. The summed E-state index contributed by atoms with van der Waals surface area (Å²) in [6.45, 7) is 6.85. The Kier molecular flexibility index (Phi) is 4.32. The van der Waals surface area contributed by atoms with Crippen molar-refractivity contribution in [1.29, 1.82) is 0 Å². The van der Waals surface area contributed by atoms with E-state index in [1.165, 1.54) is 0 Å². The highest BCUT2D eigenvalue weighted by Gasteiger charge is 2.29. The van der Waals surface area contributed by atoms with Gasteiger partial charge < -0.3 is 15.0 Å². The summed E-state index contributed by atoms with van der Waals surface area (Å²) in [5.41, 5.74) is -0.468. The van der Waals surface area contributed by atoms with E-state index in [9.17, 15) is 4.79 Å². The molecule has 0 aliphatic carbocycles. The molecule has 0 aromatic carbocycles. The molecule has 1 amide bonds. The van der Waals surface area contributed by atoms with Crippen LogP contribution in [0.5, 0.6) is 0 Å². The molecule has 1 aromatic heterocycles. The molecule has 20 heavy (non-hydrogen) atoms. The lowest BCUT2D eigenvalue weighted by Crippen LogP contribution is -2.36. The largest absolute Gasteiger partial charge is 0.444 e. The maximum absolute atomic E-state index is 11.9. The van der Waals surface area contributed by atoms with E-state index in [4.69, 9.17) is 16.3 Å². The Morgan fingerprint density at radius 1 is 1.45 bits per heavy atom. The molecule has 1 N–H and O–H groups in total. The molecular weight excluding hydrogens is 280 g/mol. The lowest BCUT2D eigenvalue weighted by Gasteiger charge is -2.24. The van der Waals surface area contributed by atoms with E-state index in [0.29, 0.717) is 24.1 Å². The maximum Gasteiger partial charge on any atom is 0.410 e. The Balaban J connectivity index is 1.86. The van der Waals surface area contributed by atoms with Crippen molar-refractivity contribution in [3.05, 3.63) is 17.3 Å². The van der Waals surface area contributed by atoms with Crippen molar-refractivity contribution in [3.8, 4) is 0 Å². The molecule has 7 heteroatoms. The number of hydrogen-bond donors (Lipinski definition) is 1. The van der Waals surface area contributed by atoms with Gasteiger partial charge >= 0.3 is 6.09 Å².